The molecule has 236 valence electrons. The van der Waals surface area contributed by atoms with Gasteiger partial charge in [0, 0.05) is 67.8 Å². The quantitative estimate of drug-likeness (QED) is 0.415. The van der Waals surface area contributed by atoms with Gasteiger partial charge in [0.2, 0.25) is 17.7 Å². The highest BCUT2D eigenvalue weighted by atomic mass is 35.5. The van der Waals surface area contributed by atoms with Gasteiger partial charge in [0.15, 0.2) is 9.84 Å². The minimum absolute atomic E-state index is 0.0265. The monoisotopic (exact) mass is 673 g/mol. The second-order valence-electron chi connectivity index (χ2n) is 11.5. The number of hydrogen-bond acceptors (Lipinski definition) is 9. The van der Waals surface area contributed by atoms with E-state index < -0.39 is 37.6 Å². The van der Waals surface area contributed by atoms with Crippen molar-refractivity contribution in [1.29, 1.82) is 0 Å². The normalized spacial score (nSPS) is 22.5. The Bertz CT molecular complexity index is 1610. The molecule has 2 aromatic rings. The van der Waals surface area contributed by atoms with Gasteiger partial charge in [-0.3, -0.25) is 19.3 Å². The van der Waals surface area contributed by atoms with Crippen LogP contribution in [-0.2, 0) is 34.2 Å². The Hall–Kier alpha value is -2.30. The van der Waals surface area contributed by atoms with Gasteiger partial charge in [-0.05, 0) is 55.3 Å². The fraction of sp³-hybridized carbons (Fsp3) is 0.593. The number of halogens is 1. The van der Waals surface area contributed by atoms with Crippen molar-refractivity contribution in [1.82, 2.24) is 24.3 Å². The van der Waals surface area contributed by atoms with Crippen LogP contribution in [0.2, 0.25) is 5.02 Å². The molecule has 43 heavy (non-hydrogen) atoms. The molecule has 3 aliphatic rings. The van der Waals surface area contributed by atoms with Crippen molar-refractivity contribution in [3.63, 3.8) is 0 Å². The first-order chi connectivity index (χ1) is 20.3. The largest absolute Gasteiger partial charge is 0.339 e. The van der Waals surface area contributed by atoms with Crippen LogP contribution in [0.4, 0.5) is 0 Å². The van der Waals surface area contributed by atoms with Crippen LogP contribution in [0.1, 0.15) is 25.7 Å². The van der Waals surface area contributed by atoms with Crippen LogP contribution in [-0.4, -0.2) is 131 Å². The summed E-state index contributed by atoms with van der Waals surface area (Å²) in [5.74, 6) is -1.45. The predicted octanol–water partition coefficient (Wildman–Crippen LogP) is 1.00. The molecule has 0 spiro atoms. The van der Waals surface area contributed by atoms with E-state index in [9.17, 15) is 31.2 Å². The summed E-state index contributed by atoms with van der Waals surface area (Å²) in [5, 5.41) is 1.22. The number of fused-ring (bicyclic) bond motifs is 1. The first kappa shape index (κ1) is 32.1. The van der Waals surface area contributed by atoms with Gasteiger partial charge in [-0.25, -0.2) is 16.8 Å². The maximum absolute atomic E-state index is 13.4. The molecule has 1 aromatic carbocycles. The highest BCUT2D eigenvalue weighted by Gasteiger charge is 2.37. The van der Waals surface area contributed by atoms with Gasteiger partial charge in [-0.15, -0.1) is 11.3 Å². The summed E-state index contributed by atoms with van der Waals surface area (Å²) >= 11 is 7.15. The van der Waals surface area contributed by atoms with Gasteiger partial charge in [0.1, 0.15) is 16.0 Å². The van der Waals surface area contributed by atoms with E-state index in [2.05, 4.69) is 9.62 Å². The van der Waals surface area contributed by atoms with Gasteiger partial charge < -0.3 is 14.7 Å². The van der Waals surface area contributed by atoms with Crippen molar-refractivity contribution in [2.45, 2.75) is 42.0 Å². The fourth-order valence-corrected chi connectivity index (χ4v) is 9.41. The molecule has 0 aliphatic carbocycles. The van der Waals surface area contributed by atoms with Crippen LogP contribution in [0.3, 0.4) is 0 Å². The number of rotatable bonds is 9. The highest BCUT2D eigenvalue weighted by molar-refractivity contribution is 7.92. The van der Waals surface area contributed by atoms with Crippen LogP contribution < -0.4 is 4.72 Å². The molecule has 3 saturated heterocycles. The zero-order valence-corrected chi connectivity index (χ0v) is 27.1. The number of carbonyl (C=O) groups is 3. The molecule has 1 N–H and O–H groups in total. The standard InChI is InChI=1S/C27H36ClN5O7S3/c1-42(37,38)18-25(35)31-12-10-30(11-13-31)16-21-4-2-9-33(21)24(34)17-32-8-3-5-22(27(32)36)29-43(39,40)26-15-19-14-20(28)6-7-23(19)41-26/h6-7,14-15,21-22,29H,2-5,8-13,16-18H2,1H3. The third-order valence-electron chi connectivity index (χ3n) is 8.15. The fourth-order valence-electron chi connectivity index (χ4n) is 5.98. The SMILES string of the molecule is CS(=O)(=O)CC(=O)N1CCN(CC2CCCN2C(=O)CN2CCCC(NS(=O)(=O)c3cc4cc(Cl)ccc4s3)C2=O)CC1. The van der Waals surface area contributed by atoms with Crippen LogP contribution in [0.25, 0.3) is 10.1 Å². The van der Waals surface area contributed by atoms with E-state index in [4.69, 9.17) is 11.6 Å². The van der Waals surface area contributed by atoms with Gasteiger partial charge in [0.25, 0.3) is 10.0 Å². The number of amides is 3. The summed E-state index contributed by atoms with van der Waals surface area (Å²) in [6.07, 6.45) is 3.65. The summed E-state index contributed by atoms with van der Waals surface area (Å²) < 4.78 is 52.7. The predicted molar refractivity (Wildman–Crippen MR) is 164 cm³/mol. The van der Waals surface area contributed by atoms with Crippen molar-refractivity contribution in [3.8, 4) is 0 Å². The Morgan fingerprint density at radius 1 is 0.977 bits per heavy atom. The minimum atomic E-state index is -3.96. The van der Waals surface area contributed by atoms with Gasteiger partial charge in [-0.1, -0.05) is 11.6 Å². The molecule has 5 rings (SSSR count). The van der Waals surface area contributed by atoms with Crippen LogP contribution in [0, 0.1) is 0 Å². The molecule has 2 atom stereocenters. The smallest absolute Gasteiger partial charge is 0.250 e. The molecular weight excluding hydrogens is 638 g/mol. The number of benzene rings is 1. The van der Waals surface area contributed by atoms with Crippen molar-refractivity contribution >= 4 is 70.6 Å². The molecule has 0 bridgehead atoms. The summed E-state index contributed by atoms with van der Waals surface area (Å²) in [5.41, 5.74) is 0. The van der Waals surface area contributed by atoms with E-state index in [0.29, 0.717) is 69.1 Å². The van der Waals surface area contributed by atoms with E-state index in [1.807, 2.05) is 4.90 Å². The van der Waals surface area contributed by atoms with Crippen LogP contribution in [0.5, 0.6) is 0 Å². The lowest BCUT2D eigenvalue weighted by Gasteiger charge is -2.38. The van der Waals surface area contributed by atoms with Crippen molar-refractivity contribution in [3.05, 3.63) is 29.3 Å². The minimum Gasteiger partial charge on any atom is -0.339 e. The summed E-state index contributed by atoms with van der Waals surface area (Å²) in [6, 6.07) is 5.72. The maximum atomic E-state index is 13.4. The molecule has 3 aliphatic heterocycles. The number of thiophene rings is 1. The van der Waals surface area contributed by atoms with Crippen molar-refractivity contribution in [2.75, 3.05) is 64.4 Å². The van der Waals surface area contributed by atoms with Crippen LogP contribution in [0.15, 0.2) is 28.5 Å². The third kappa shape index (κ3) is 7.87. The topological polar surface area (TPSA) is 144 Å². The molecule has 16 heteroatoms. The third-order valence-corrected chi connectivity index (χ3v) is 12.2. The van der Waals surface area contributed by atoms with Crippen molar-refractivity contribution < 1.29 is 31.2 Å². The molecule has 3 fully saturated rings. The molecule has 12 nitrogen and oxygen atoms in total. The lowest BCUT2D eigenvalue weighted by Crippen LogP contribution is -2.56. The Morgan fingerprint density at radius 2 is 1.70 bits per heavy atom. The highest BCUT2D eigenvalue weighted by Crippen LogP contribution is 2.31. The zero-order valence-electron chi connectivity index (χ0n) is 23.9. The Kier molecular flexibility index (Phi) is 9.69. The Morgan fingerprint density at radius 3 is 2.42 bits per heavy atom. The molecule has 4 heterocycles. The average molecular weight is 674 g/mol. The first-order valence-electron chi connectivity index (χ1n) is 14.3. The van der Waals surface area contributed by atoms with Crippen LogP contribution >= 0.6 is 22.9 Å². The summed E-state index contributed by atoms with van der Waals surface area (Å²) in [6.45, 7) is 3.55. The number of piperidine rings is 1. The maximum Gasteiger partial charge on any atom is 0.250 e. The summed E-state index contributed by atoms with van der Waals surface area (Å²) in [7, 11) is -7.34. The zero-order chi connectivity index (χ0) is 30.9. The van der Waals surface area contributed by atoms with Gasteiger partial charge >= 0.3 is 0 Å². The van der Waals surface area contributed by atoms with E-state index >= 15 is 0 Å². The van der Waals surface area contributed by atoms with Gasteiger partial charge in [0.05, 0.1) is 6.54 Å². The molecule has 3 amide bonds. The number of sulfone groups is 1. The molecule has 1 aromatic heterocycles. The summed E-state index contributed by atoms with van der Waals surface area (Å²) in [4.78, 5) is 45.9. The number of likely N-dealkylation sites (tertiary alicyclic amines) is 2. The molecule has 0 radical (unpaired) electrons. The second-order valence-corrected chi connectivity index (χ2v) is 17.1. The Balaban J connectivity index is 1.15. The number of hydrogen-bond donors (Lipinski definition) is 1. The van der Waals surface area contributed by atoms with E-state index in [1.54, 1.807) is 29.2 Å². The van der Waals surface area contributed by atoms with E-state index in [0.717, 1.165) is 35.1 Å². The average Bonchev–Trinajstić information content (AvgIpc) is 3.57. The number of nitrogens with zero attached hydrogens (tertiary/aromatic N) is 4. The molecular formula is C27H36ClN5O7S3. The number of carbonyl (C=O) groups excluding carboxylic acids is 3. The Labute approximate surface area is 260 Å². The number of piperazine rings is 1. The van der Waals surface area contributed by atoms with E-state index in [1.165, 1.54) is 4.90 Å². The lowest BCUT2D eigenvalue weighted by atomic mass is 10.1. The molecule has 0 saturated carbocycles. The number of nitrogens with one attached hydrogen (secondary N) is 1. The second kappa shape index (κ2) is 13.0. The van der Waals surface area contributed by atoms with Gasteiger partial charge in [-0.2, -0.15) is 4.72 Å². The number of sulfonamides is 1. The van der Waals surface area contributed by atoms with E-state index in [-0.39, 0.29) is 28.6 Å². The first-order valence-corrected chi connectivity index (χ1v) is 19.0. The molecule has 2 unspecified atom stereocenters. The lowest BCUT2D eigenvalue weighted by molar-refractivity contribution is -0.143. The van der Waals surface area contributed by atoms with Crippen molar-refractivity contribution in [2.24, 2.45) is 0 Å².